The summed E-state index contributed by atoms with van der Waals surface area (Å²) in [4.78, 5) is 32.1. The van der Waals surface area contributed by atoms with Crippen LogP contribution in [0.5, 0.6) is 0 Å². The Morgan fingerprint density at radius 2 is 1.79 bits per heavy atom. The second-order valence-electron chi connectivity index (χ2n) is 9.38. The molecule has 29 heavy (non-hydrogen) atoms. The molecule has 2 atom stereocenters. The zero-order valence-corrected chi connectivity index (χ0v) is 18.0. The van der Waals surface area contributed by atoms with Crippen LogP contribution in [0.4, 0.5) is 10.5 Å². The molecule has 0 unspecified atom stereocenters. The van der Waals surface area contributed by atoms with Crippen molar-refractivity contribution < 1.29 is 9.59 Å². The number of rotatable bonds is 3. The maximum Gasteiger partial charge on any atom is 0.321 e. The summed E-state index contributed by atoms with van der Waals surface area (Å²) in [6.45, 7) is 6.65. The number of amides is 3. The number of hydrogen-bond donors (Lipinski definition) is 1. The number of urea groups is 1. The molecule has 158 valence electrons. The number of carbonyl (C=O) groups excluding carboxylic acids is 2. The molecular formula is C23H34N4O2. The highest BCUT2D eigenvalue weighted by Crippen LogP contribution is 2.62. The summed E-state index contributed by atoms with van der Waals surface area (Å²) < 4.78 is 0. The second-order valence-corrected chi connectivity index (χ2v) is 9.38. The Kier molecular flexibility index (Phi) is 5.32. The lowest BCUT2D eigenvalue weighted by molar-refractivity contribution is -0.141. The lowest BCUT2D eigenvalue weighted by atomic mass is 9.65. The van der Waals surface area contributed by atoms with Crippen molar-refractivity contribution in [2.24, 2.45) is 16.7 Å². The van der Waals surface area contributed by atoms with E-state index in [1.807, 2.05) is 49.3 Å². The molecule has 2 aliphatic heterocycles. The van der Waals surface area contributed by atoms with Gasteiger partial charge in [-0.3, -0.25) is 4.79 Å². The Bertz CT molecular complexity index is 757. The van der Waals surface area contributed by atoms with E-state index < -0.39 is 0 Å². The third-order valence-corrected chi connectivity index (χ3v) is 7.77. The van der Waals surface area contributed by atoms with Gasteiger partial charge in [-0.25, -0.2) is 4.79 Å². The fraction of sp³-hybridized carbons (Fsp3) is 0.652. The van der Waals surface area contributed by atoms with Gasteiger partial charge in [0.15, 0.2) is 0 Å². The Hall–Kier alpha value is -2.08. The van der Waals surface area contributed by atoms with E-state index in [0.717, 1.165) is 64.1 Å². The van der Waals surface area contributed by atoms with E-state index in [9.17, 15) is 9.59 Å². The fourth-order valence-corrected chi connectivity index (χ4v) is 6.17. The minimum Gasteiger partial charge on any atom is -0.348 e. The lowest BCUT2D eigenvalue weighted by Gasteiger charge is -2.44. The minimum absolute atomic E-state index is 0.0127. The summed E-state index contributed by atoms with van der Waals surface area (Å²) in [5.41, 5.74) is 0.802. The monoisotopic (exact) mass is 398 g/mol. The zero-order valence-electron chi connectivity index (χ0n) is 18.0. The van der Waals surface area contributed by atoms with Gasteiger partial charge < -0.3 is 20.0 Å². The van der Waals surface area contributed by atoms with Crippen molar-refractivity contribution in [3.63, 3.8) is 0 Å². The third-order valence-electron chi connectivity index (χ3n) is 7.77. The highest BCUT2D eigenvalue weighted by atomic mass is 16.2. The van der Waals surface area contributed by atoms with Crippen LogP contribution in [-0.4, -0.2) is 73.5 Å². The smallest absolute Gasteiger partial charge is 0.321 e. The van der Waals surface area contributed by atoms with Crippen LogP contribution in [0.2, 0.25) is 0 Å². The van der Waals surface area contributed by atoms with E-state index in [0.29, 0.717) is 11.8 Å². The summed E-state index contributed by atoms with van der Waals surface area (Å²) in [6.07, 6.45) is 4.10. The molecule has 2 saturated heterocycles. The molecule has 1 N–H and O–H groups in total. The molecule has 6 nitrogen and oxygen atoms in total. The average molecular weight is 399 g/mol. The van der Waals surface area contributed by atoms with Crippen LogP contribution >= 0.6 is 0 Å². The highest BCUT2D eigenvalue weighted by Gasteiger charge is 2.64. The van der Waals surface area contributed by atoms with Crippen molar-refractivity contribution in [1.29, 1.82) is 0 Å². The molecule has 1 spiro atoms. The SMILES string of the molecule is CCN1C[C@@H]2C3(CCN(C(=O)Nc4ccccc4)CC3)CC[C@]2(C(=O)N(C)C)C1. The number of nitrogens with one attached hydrogen (secondary N) is 1. The topological polar surface area (TPSA) is 55.9 Å². The predicted octanol–water partition coefficient (Wildman–Crippen LogP) is 3.12. The van der Waals surface area contributed by atoms with E-state index in [2.05, 4.69) is 17.1 Å². The molecule has 0 radical (unpaired) electrons. The molecular weight excluding hydrogens is 364 g/mol. The van der Waals surface area contributed by atoms with E-state index in [4.69, 9.17) is 0 Å². The van der Waals surface area contributed by atoms with Crippen LogP contribution in [0.1, 0.15) is 32.6 Å². The standard InChI is InChI=1S/C23H34N4O2/c1-4-26-16-19-22(10-11-23(19,17-26)20(28)25(2)3)12-14-27(15-13-22)21(29)24-18-8-6-5-7-9-18/h5-9,19H,4,10-17H2,1-3H3,(H,24,29)/t19-,23+/m1/s1. The van der Waals surface area contributed by atoms with Crippen molar-refractivity contribution in [2.45, 2.75) is 32.6 Å². The first-order valence-electron chi connectivity index (χ1n) is 11.0. The van der Waals surface area contributed by atoms with E-state index in [1.54, 1.807) is 4.90 Å². The van der Waals surface area contributed by atoms with Crippen molar-refractivity contribution in [3.8, 4) is 0 Å². The number of benzene rings is 1. The van der Waals surface area contributed by atoms with Gasteiger partial charge in [0.2, 0.25) is 5.91 Å². The highest BCUT2D eigenvalue weighted by molar-refractivity contribution is 5.89. The van der Waals surface area contributed by atoms with Gasteiger partial charge in [-0.2, -0.15) is 0 Å². The average Bonchev–Trinajstić information content (AvgIpc) is 3.25. The first-order chi connectivity index (χ1) is 13.9. The number of fused-ring (bicyclic) bond motifs is 2. The molecule has 3 aliphatic rings. The van der Waals surface area contributed by atoms with Gasteiger partial charge in [0.25, 0.3) is 0 Å². The molecule has 0 aromatic heterocycles. The number of likely N-dealkylation sites (tertiary alicyclic amines) is 2. The van der Waals surface area contributed by atoms with Gasteiger partial charge in [0.1, 0.15) is 0 Å². The van der Waals surface area contributed by atoms with Gasteiger partial charge in [0.05, 0.1) is 5.41 Å². The summed E-state index contributed by atoms with van der Waals surface area (Å²) >= 11 is 0. The van der Waals surface area contributed by atoms with E-state index >= 15 is 0 Å². The summed E-state index contributed by atoms with van der Waals surface area (Å²) in [5.74, 6) is 0.712. The summed E-state index contributed by atoms with van der Waals surface area (Å²) in [7, 11) is 3.79. The number of anilines is 1. The van der Waals surface area contributed by atoms with E-state index in [-0.39, 0.29) is 16.9 Å². The number of hydrogen-bond acceptors (Lipinski definition) is 3. The van der Waals surface area contributed by atoms with Gasteiger partial charge in [-0.1, -0.05) is 25.1 Å². The number of nitrogens with zero attached hydrogens (tertiary/aromatic N) is 3. The molecule has 2 heterocycles. The molecule has 1 aromatic carbocycles. The summed E-state index contributed by atoms with van der Waals surface area (Å²) in [6, 6.07) is 9.63. The molecule has 6 heteroatoms. The number of carbonyl (C=O) groups is 2. The number of para-hydroxylation sites is 1. The van der Waals surface area contributed by atoms with Crippen molar-refractivity contribution in [2.75, 3.05) is 52.1 Å². The maximum atomic E-state index is 13.2. The van der Waals surface area contributed by atoms with Crippen molar-refractivity contribution >= 4 is 17.6 Å². The first kappa shape index (κ1) is 20.2. The number of piperidine rings is 1. The Balaban J connectivity index is 1.46. The van der Waals surface area contributed by atoms with Gasteiger partial charge in [-0.15, -0.1) is 0 Å². The van der Waals surface area contributed by atoms with Gasteiger partial charge >= 0.3 is 6.03 Å². The van der Waals surface area contributed by atoms with Crippen molar-refractivity contribution in [1.82, 2.24) is 14.7 Å². The minimum atomic E-state index is -0.228. The second kappa shape index (κ2) is 7.63. The predicted molar refractivity (Wildman–Crippen MR) is 115 cm³/mol. The molecule has 3 fully saturated rings. The van der Waals surface area contributed by atoms with E-state index in [1.165, 1.54) is 0 Å². The third kappa shape index (κ3) is 3.41. The maximum absolute atomic E-state index is 13.2. The molecule has 1 saturated carbocycles. The Labute approximate surface area is 174 Å². The lowest BCUT2D eigenvalue weighted by Crippen LogP contribution is -2.50. The Morgan fingerprint density at radius 1 is 1.10 bits per heavy atom. The van der Waals surface area contributed by atoms with Gasteiger partial charge in [0, 0.05) is 46.0 Å². The van der Waals surface area contributed by atoms with Gasteiger partial charge in [-0.05, 0) is 55.7 Å². The molecule has 1 aliphatic carbocycles. The molecule has 4 rings (SSSR count). The van der Waals surface area contributed by atoms with Crippen LogP contribution in [0.15, 0.2) is 30.3 Å². The largest absolute Gasteiger partial charge is 0.348 e. The molecule has 3 amide bonds. The Morgan fingerprint density at radius 3 is 2.41 bits per heavy atom. The zero-order chi connectivity index (χ0) is 20.6. The normalized spacial score (nSPS) is 28.4. The fourth-order valence-electron chi connectivity index (χ4n) is 6.17. The summed E-state index contributed by atoms with van der Waals surface area (Å²) in [5, 5.41) is 3.01. The van der Waals surface area contributed by atoms with Crippen LogP contribution < -0.4 is 5.32 Å². The van der Waals surface area contributed by atoms with Crippen molar-refractivity contribution in [3.05, 3.63) is 30.3 Å². The molecule has 1 aromatic rings. The van der Waals surface area contributed by atoms with Crippen LogP contribution in [0.3, 0.4) is 0 Å². The van der Waals surface area contributed by atoms with Crippen LogP contribution in [0, 0.1) is 16.7 Å². The van der Waals surface area contributed by atoms with Crippen LogP contribution in [0.25, 0.3) is 0 Å². The van der Waals surface area contributed by atoms with Crippen LogP contribution in [-0.2, 0) is 4.79 Å². The first-order valence-corrected chi connectivity index (χ1v) is 11.0. The quantitative estimate of drug-likeness (QED) is 0.851. The molecule has 0 bridgehead atoms.